The summed E-state index contributed by atoms with van der Waals surface area (Å²) >= 11 is 1.86. The highest BCUT2D eigenvalue weighted by Gasteiger charge is 2.15. The summed E-state index contributed by atoms with van der Waals surface area (Å²) in [4.78, 5) is 0. The van der Waals surface area contributed by atoms with E-state index in [-0.39, 0.29) is 0 Å². The maximum atomic E-state index is 8.37. The van der Waals surface area contributed by atoms with Crippen LogP contribution in [0.25, 0.3) is 0 Å². The van der Waals surface area contributed by atoms with Crippen LogP contribution in [0.2, 0.25) is 0 Å². The summed E-state index contributed by atoms with van der Waals surface area (Å²) in [6.45, 7) is 0.380. The summed E-state index contributed by atoms with van der Waals surface area (Å²) in [7, 11) is 0. The Morgan fingerprint density at radius 1 is 1.83 bits per heavy atom. The fourth-order valence-electron chi connectivity index (χ4n) is 0.429. The molecular formula is C4H8OS. The highest BCUT2D eigenvalue weighted by molar-refractivity contribution is 8.01. The second-order valence-corrected chi connectivity index (χ2v) is 2.87. The second-order valence-electron chi connectivity index (χ2n) is 1.46. The van der Waals surface area contributed by atoms with Gasteiger partial charge in [-0.1, -0.05) is 0 Å². The summed E-state index contributed by atoms with van der Waals surface area (Å²) < 4.78 is 0. The maximum absolute atomic E-state index is 8.37. The van der Waals surface area contributed by atoms with Crippen LogP contribution < -0.4 is 0 Å². The van der Waals surface area contributed by atoms with E-state index in [2.05, 4.69) is 0 Å². The zero-order valence-corrected chi connectivity index (χ0v) is 4.37. The highest BCUT2D eigenvalue weighted by atomic mass is 32.2. The van der Waals surface area contributed by atoms with E-state index in [0.717, 1.165) is 0 Å². The molecule has 36 valence electrons. The number of hydrogen-bond acceptors (Lipinski definition) is 2. The molecule has 0 aromatic carbocycles. The Bertz CT molecular complexity index is 40.1. The topological polar surface area (TPSA) is 20.2 Å². The first-order valence-corrected chi connectivity index (χ1v) is 3.21. The van der Waals surface area contributed by atoms with E-state index in [1.807, 2.05) is 11.8 Å². The highest BCUT2D eigenvalue weighted by Crippen LogP contribution is 2.26. The number of rotatable bonds is 1. The Morgan fingerprint density at radius 3 is 2.50 bits per heavy atom. The first kappa shape index (κ1) is 4.47. The van der Waals surface area contributed by atoms with Crippen LogP contribution in [0.3, 0.4) is 0 Å². The monoisotopic (exact) mass is 104 g/mol. The van der Waals surface area contributed by atoms with Gasteiger partial charge >= 0.3 is 0 Å². The van der Waals surface area contributed by atoms with Crippen LogP contribution >= 0.6 is 11.8 Å². The third-order valence-corrected chi connectivity index (χ3v) is 2.32. The lowest BCUT2D eigenvalue weighted by Crippen LogP contribution is -2.18. The molecule has 1 aliphatic heterocycles. The molecule has 2 heteroatoms. The van der Waals surface area contributed by atoms with Crippen LogP contribution in [-0.2, 0) is 0 Å². The van der Waals surface area contributed by atoms with Crippen LogP contribution in [0.15, 0.2) is 0 Å². The lowest BCUT2D eigenvalue weighted by Gasteiger charge is -2.21. The molecule has 0 amide bonds. The molecule has 1 nitrogen and oxygen atoms in total. The zero-order chi connectivity index (χ0) is 4.41. The zero-order valence-electron chi connectivity index (χ0n) is 3.55. The van der Waals surface area contributed by atoms with Crippen molar-refractivity contribution in [2.24, 2.45) is 0 Å². The van der Waals surface area contributed by atoms with Crippen LogP contribution in [0.1, 0.15) is 6.42 Å². The lowest BCUT2D eigenvalue weighted by molar-refractivity contribution is 0.288. The molecule has 1 heterocycles. The number of hydrogen-bond donors (Lipinski definition) is 1. The van der Waals surface area contributed by atoms with Crippen LogP contribution in [0.5, 0.6) is 0 Å². The average molecular weight is 104 g/mol. The Morgan fingerprint density at radius 2 is 2.50 bits per heavy atom. The minimum absolute atomic E-state index is 0.380. The van der Waals surface area contributed by atoms with Gasteiger partial charge in [-0.25, -0.2) is 0 Å². The standard InChI is InChI=1S/C4H8OS/c5-3-4-1-2-6-4/h4-5H,1-3H2. The van der Waals surface area contributed by atoms with Crippen molar-refractivity contribution in [2.75, 3.05) is 12.4 Å². The van der Waals surface area contributed by atoms with Gasteiger partial charge in [0.2, 0.25) is 0 Å². The van der Waals surface area contributed by atoms with E-state index in [1.54, 1.807) is 0 Å². The Balaban J connectivity index is 2.01. The van der Waals surface area contributed by atoms with Crippen LogP contribution in [0, 0.1) is 0 Å². The molecule has 0 radical (unpaired) electrons. The van der Waals surface area contributed by atoms with Gasteiger partial charge in [0.1, 0.15) is 0 Å². The van der Waals surface area contributed by atoms with Gasteiger partial charge in [0.25, 0.3) is 0 Å². The second kappa shape index (κ2) is 1.85. The molecule has 0 saturated carbocycles. The van der Waals surface area contributed by atoms with Gasteiger partial charge in [-0.3, -0.25) is 0 Å². The van der Waals surface area contributed by atoms with E-state index in [4.69, 9.17) is 5.11 Å². The molecule has 0 aliphatic carbocycles. The number of thioether (sulfide) groups is 1. The van der Waals surface area contributed by atoms with E-state index in [1.165, 1.54) is 12.2 Å². The van der Waals surface area contributed by atoms with Crippen molar-refractivity contribution in [2.45, 2.75) is 11.7 Å². The van der Waals surface area contributed by atoms with Crippen molar-refractivity contribution >= 4 is 11.8 Å². The molecule has 0 aromatic rings. The van der Waals surface area contributed by atoms with Gasteiger partial charge in [-0.05, 0) is 12.2 Å². The summed E-state index contributed by atoms with van der Waals surface area (Å²) in [5.41, 5.74) is 0. The SMILES string of the molecule is OCC1CCS1. The molecule has 1 atom stereocenters. The van der Waals surface area contributed by atoms with Gasteiger partial charge in [0.15, 0.2) is 0 Å². The fourth-order valence-corrected chi connectivity index (χ4v) is 1.10. The minimum atomic E-state index is 0.380. The number of aliphatic hydroxyl groups is 1. The molecule has 0 bridgehead atoms. The van der Waals surface area contributed by atoms with Crippen molar-refractivity contribution in [1.29, 1.82) is 0 Å². The summed E-state index contributed by atoms with van der Waals surface area (Å²) in [5.74, 6) is 1.26. The molecule has 1 fully saturated rings. The molecule has 6 heavy (non-hydrogen) atoms. The first-order valence-electron chi connectivity index (χ1n) is 2.16. The van der Waals surface area contributed by atoms with Gasteiger partial charge in [0, 0.05) is 5.25 Å². The quantitative estimate of drug-likeness (QED) is 0.522. The predicted molar refractivity (Wildman–Crippen MR) is 27.9 cm³/mol. The fraction of sp³-hybridized carbons (Fsp3) is 1.00. The smallest absolute Gasteiger partial charge is 0.0550 e. The minimum Gasteiger partial charge on any atom is -0.395 e. The van der Waals surface area contributed by atoms with E-state index >= 15 is 0 Å². The molecule has 1 rings (SSSR count). The van der Waals surface area contributed by atoms with Gasteiger partial charge < -0.3 is 5.11 Å². The Hall–Kier alpha value is 0.310. The van der Waals surface area contributed by atoms with Gasteiger partial charge in [-0.2, -0.15) is 11.8 Å². The van der Waals surface area contributed by atoms with E-state index in [0.29, 0.717) is 11.9 Å². The van der Waals surface area contributed by atoms with Crippen LogP contribution in [-0.4, -0.2) is 22.7 Å². The molecule has 1 N–H and O–H groups in total. The van der Waals surface area contributed by atoms with Crippen molar-refractivity contribution in [3.8, 4) is 0 Å². The third kappa shape index (κ3) is 0.684. The average Bonchev–Trinajstić information content (AvgIpc) is 1.31. The molecule has 1 unspecified atom stereocenters. The summed E-state index contributed by atoms with van der Waals surface area (Å²) in [5, 5.41) is 8.95. The van der Waals surface area contributed by atoms with E-state index in [9.17, 15) is 0 Å². The first-order chi connectivity index (χ1) is 2.93. The molecule has 0 aromatic heterocycles. The predicted octanol–water partition coefficient (Wildman–Crippen LogP) is 0.484. The largest absolute Gasteiger partial charge is 0.395 e. The normalized spacial score (nSPS) is 32.5. The summed E-state index contributed by atoms with van der Waals surface area (Å²) in [6.07, 6.45) is 1.22. The summed E-state index contributed by atoms with van der Waals surface area (Å²) in [6, 6.07) is 0. The van der Waals surface area contributed by atoms with Crippen molar-refractivity contribution in [1.82, 2.24) is 0 Å². The number of aliphatic hydroxyl groups excluding tert-OH is 1. The maximum Gasteiger partial charge on any atom is 0.0550 e. The van der Waals surface area contributed by atoms with Crippen LogP contribution in [0.4, 0.5) is 0 Å². The van der Waals surface area contributed by atoms with E-state index < -0.39 is 0 Å². The molecular weight excluding hydrogens is 96.1 g/mol. The van der Waals surface area contributed by atoms with Gasteiger partial charge in [0.05, 0.1) is 6.61 Å². The molecule has 0 spiro atoms. The van der Waals surface area contributed by atoms with Crippen molar-refractivity contribution < 1.29 is 5.11 Å². The lowest BCUT2D eigenvalue weighted by atomic mass is 10.3. The Labute approximate surface area is 41.7 Å². The molecule has 1 aliphatic rings. The van der Waals surface area contributed by atoms with Crippen molar-refractivity contribution in [3.63, 3.8) is 0 Å². The Kier molecular flexibility index (Phi) is 1.37. The van der Waals surface area contributed by atoms with Gasteiger partial charge in [-0.15, -0.1) is 0 Å². The van der Waals surface area contributed by atoms with Crippen molar-refractivity contribution in [3.05, 3.63) is 0 Å². The molecule has 1 saturated heterocycles. The third-order valence-electron chi connectivity index (χ3n) is 0.997.